The van der Waals surface area contributed by atoms with Gasteiger partial charge in [-0.2, -0.15) is 0 Å². The van der Waals surface area contributed by atoms with Gasteiger partial charge in [0.2, 0.25) is 0 Å². The number of aliphatic hydroxyl groups is 1. The maximum atomic E-state index is 12.7. The molecule has 0 radical (unpaired) electrons. The topological polar surface area (TPSA) is 75.8 Å². The largest absolute Gasteiger partial charge is 0.395 e. The summed E-state index contributed by atoms with van der Waals surface area (Å²) in [5.74, 6) is 0.639. The Morgan fingerprint density at radius 1 is 1.33 bits per heavy atom. The van der Waals surface area contributed by atoms with Crippen LogP contribution in [0.2, 0.25) is 0 Å². The number of hydrogen-bond donors (Lipinski definition) is 2. The summed E-state index contributed by atoms with van der Waals surface area (Å²) in [6.45, 7) is 4.58. The van der Waals surface area contributed by atoms with Crippen LogP contribution in [0.15, 0.2) is 30.3 Å². The smallest absolute Gasteiger partial charge is 0.256 e. The Morgan fingerprint density at radius 3 is 2.46 bits per heavy atom. The normalized spacial score (nSPS) is 25.2. The van der Waals surface area contributed by atoms with Gasteiger partial charge in [0.05, 0.1) is 19.3 Å². The first-order valence-corrected chi connectivity index (χ1v) is 8.90. The number of nitrogens with zero attached hydrogens (tertiary/aromatic N) is 1. The number of rotatable bonds is 3. The van der Waals surface area contributed by atoms with Crippen molar-refractivity contribution in [3.05, 3.63) is 35.9 Å². The molecule has 1 heterocycles. The fourth-order valence-electron chi connectivity index (χ4n) is 3.30. The minimum absolute atomic E-state index is 0.00907. The van der Waals surface area contributed by atoms with Gasteiger partial charge in [0.15, 0.2) is 0 Å². The van der Waals surface area contributed by atoms with Gasteiger partial charge in [-0.25, -0.2) is 0 Å². The molecule has 1 saturated carbocycles. The fraction of sp³-hybridized carbons (Fsp3) is 0.632. The van der Waals surface area contributed by atoms with E-state index in [1.807, 2.05) is 35.2 Å². The zero-order valence-corrected chi connectivity index (χ0v) is 14.7. The highest BCUT2D eigenvalue weighted by Gasteiger charge is 2.41. The lowest BCUT2D eigenvalue weighted by Crippen LogP contribution is -2.43. The van der Waals surface area contributed by atoms with Gasteiger partial charge in [0, 0.05) is 17.5 Å². The molecular formula is C19H30N2O3. The van der Waals surface area contributed by atoms with Crippen molar-refractivity contribution in [2.24, 2.45) is 11.7 Å². The SMILES string of the molecule is C[C@@H](N)CO.C[C@@H]1COC(C2CCCC2)N1C(=O)c1ccccc1. The molecule has 0 aromatic heterocycles. The Bertz CT molecular complexity index is 501. The van der Waals surface area contributed by atoms with Gasteiger partial charge in [-0.15, -0.1) is 0 Å². The van der Waals surface area contributed by atoms with Crippen molar-refractivity contribution in [1.29, 1.82) is 0 Å². The summed E-state index contributed by atoms with van der Waals surface area (Å²) < 4.78 is 5.91. The van der Waals surface area contributed by atoms with Crippen molar-refractivity contribution < 1.29 is 14.6 Å². The monoisotopic (exact) mass is 334 g/mol. The molecule has 1 amide bonds. The molecular weight excluding hydrogens is 304 g/mol. The van der Waals surface area contributed by atoms with Crippen LogP contribution in [0.3, 0.4) is 0 Å². The van der Waals surface area contributed by atoms with Crippen LogP contribution in [0, 0.1) is 5.92 Å². The van der Waals surface area contributed by atoms with Gasteiger partial charge >= 0.3 is 0 Å². The minimum Gasteiger partial charge on any atom is -0.395 e. The maximum absolute atomic E-state index is 12.7. The van der Waals surface area contributed by atoms with Crippen molar-refractivity contribution in [3.8, 4) is 0 Å². The predicted octanol–water partition coefficient (Wildman–Crippen LogP) is 2.39. The van der Waals surface area contributed by atoms with Gasteiger partial charge in [0.1, 0.15) is 6.23 Å². The van der Waals surface area contributed by atoms with Crippen molar-refractivity contribution >= 4 is 5.91 Å². The standard InChI is InChI=1S/C16H21NO2.C3H9NO/c1-12-11-19-16(14-9-5-6-10-14)17(12)15(18)13-7-3-2-4-8-13;1-3(4)2-5/h2-4,7-8,12,14,16H,5-6,9-11H2,1H3;3,5H,2,4H2,1H3/t12-,16?;3-/m11/s1. The zero-order valence-electron chi connectivity index (χ0n) is 14.7. The predicted molar refractivity (Wildman–Crippen MR) is 94.5 cm³/mol. The van der Waals surface area contributed by atoms with E-state index in [-0.39, 0.29) is 30.8 Å². The summed E-state index contributed by atoms with van der Waals surface area (Å²) in [6, 6.07) is 9.67. The number of amides is 1. The second-order valence-electron chi connectivity index (χ2n) is 6.86. The van der Waals surface area contributed by atoms with Gasteiger partial charge < -0.3 is 20.5 Å². The first-order chi connectivity index (χ1) is 11.5. The molecule has 5 nitrogen and oxygen atoms in total. The first kappa shape index (κ1) is 18.9. The molecule has 1 aromatic rings. The van der Waals surface area contributed by atoms with Gasteiger partial charge in [-0.3, -0.25) is 4.79 Å². The molecule has 2 aliphatic rings. The lowest BCUT2D eigenvalue weighted by atomic mass is 10.0. The molecule has 3 N–H and O–H groups in total. The summed E-state index contributed by atoms with van der Waals surface area (Å²) in [5, 5.41) is 8.02. The third kappa shape index (κ3) is 4.79. The van der Waals surface area contributed by atoms with Crippen LogP contribution >= 0.6 is 0 Å². The van der Waals surface area contributed by atoms with E-state index in [0.717, 1.165) is 5.56 Å². The van der Waals surface area contributed by atoms with Crippen molar-refractivity contribution in [3.63, 3.8) is 0 Å². The second-order valence-corrected chi connectivity index (χ2v) is 6.86. The van der Waals surface area contributed by atoms with Crippen LogP contribution in [-0.4, -0.2) is 47.4 Å². The van der Waals surface area contributed by atoms with Gasteiger partial charge in [0.25, 0.3) is 5.91 Å². The quantitative estimate of drug-likeness (QED) is 0.890. The highest BCUT2D eigenvalue weighted by Crippen LogP contribution is 2.35. The second kappa shape index (κ2) is 9.16. The van der Waals surface area contributed by atoms with Crippen LogP contribution < -0.4 is 5.73 Å². The van der Waals surface area contributed by atoms with Crippen LogP contribution in [0.25, 0.3) is 0 Å². The van der Waals surface area contributed by atoms with Crippen molar-refractivity contribution in [2.75, 3.05) is 13.2 Å². The molecule has 1 aliphatic carbocycles. The number of benzene rings is 1. The van der Waals surface area contributed by atoms with E-state index in [4.69, 9.17) is 15.6 Å². The molecule has 2 fully saturated rings. The number of ether oxygens (including phenoxy) is 1. The third-order valence-corrected chi connectivity index (χ3v) is 4.60. The van der Waals surface area contributed by atoms with Crippen LogP contribution in [0.1, 0.15) is 49.9 Å². The Hall–Kier alpha value is -1.43. The Kier molecular flexibility index (Phi) is 7.21. The molecule has 134 valence electrons. The van der Waals surface area contributed by atoms with E-state index in [1.54, 1.807) is 6.92 Å². The van der Waals surface area contributed by atoms with Crippen LogP contribution in [0.4, 0.5) is 0 Å². The Balaban J connectivity index is 0.000000368. The summed E-state index contributed by atoms with van der Waals surface area (Å²) in [7, 11) is 0. The van der Waals surface area contributed by atoms with Crippen molar-refractivity contribution in [2.45, 2.75) is 57.8 Å². The molecule has 1 aromatic carbocycles. The average molecular weight is 334 g/mol. The molecule has 0 spiro atoms. The van der Waals surface area contributed by atoms with E-state index in [9.17, 15) is 4.79 Å². The van der Waals surface area contributed by atoms with Gasteiger partial charge in [-0.05, 0) is 38.8 Å². The third-order valence-electron chi connectivity index (χ3n) is 4.60. The lowest BCUT2D eigenvalue weighted by Gasteiger charge is -2.30. The highest BCUT2D eigenvalue weighted by molar-refractivity contribution is 5.94. The summed E-state index contributed by atoms with van der Waals surface area (Å²) in [6.07, 6.45) is 4.91. The lowest BCUT2D eigenvalue weighted by molar-refractivity contribution is -0.00721. The molecule has 24 heavy (non-hydrogen) atoms. The van der Waals surface area contributed by atoms with E-state index >= 15 is 0 Å². The first-order valence-electron chi connectivity index (χ1n) is 8.90. The highest BCUT2D eigenvalue weighted by atomic mass is 16.5. The van der Waals surface area contributed by atoms with E-state index in [2.05, 4.69) is 6.92 Å². The maximum Gasteiger partial charge on any atom is 0.256 e. The molecule has 0 bridgehead atoms. The molecule has 3 atom stereocenters. The van der Waals surface area contributed by atoms with Crippen LogP contribution in [0.5, 0.6) is 0 Å². The molecule has 5 heteroatoms. The minimum atomic E-state index is -0.0602. The van der Waals surface area contributed by atoms with Crippen molar-refractivity contribution in [1.82, 2.24) is 4.90 Å². The Labute approximate surface area is 144 Å². The molecule has 1 aliphatic heterocycles. The number of carbonyl (C=O) groups excluding carboxylic acids is 1. The number of nitrogens with two attached hydrogens (primary N) is 1. The zero-order chi connectivity index (χ0) is 17.5. The number of hydrogen-bond acceptors (Lipinski definition) is 4. The summed E-state index contributed by atoms with van der Waals surface area (Å²) in [5.41, 5.74) is 5.81. The van der Waals surface area contributed by atoms with Crippen LogP contribution in [-0.2, 0) is 4.74 Å². The summed E-state index contributed by atoms with van der Waals surface area (Å²) in [4.78, 5) is 14.6. The molecule has 1 saturated heterocycles. The number of aliphatic hydroxyl groups excluding tert-OH is 1. The van der Waals surface area contributed by atoms with E-state index < -0.39 is 0 Å². The number of carbonyl (C=O) groups is 1. The van der Waals surface area contributed by atoms with Gasteiger partial charge in [-0.1, -0.05) is 31.0 Å². The van der Waals surface area contributed by atoms with E-state index in [0.29, 0.717) is 12.5 Å². The fourth-order valence-corrected chi connectivity index (χ4v) is 3.30. The average Bonchev–Trinajstić information content (AvgIpc) is 3.25. The molecule has 3 rings (SSSR count). The molecule has 1 unspecified atom stereocenters. The van der Waals surface area contributed by atoms with E-state index in [1.165, 1.54) is 25.7 Å². The summed E-state index contributed by atoms with van der Waals surface area (Å²) >= 11 is 0. The Morgan fingerprint density at radius 2 is 1.92 bits per heavy atom.